The molecule has 0 aliphatic heterocycles. The van der Waals surface area contributed by atoms with Crippen LogP contribution in [0.5, 0.6) is 0 Å². The molecule has 0 amide bonds. The molecule has 6 heteroatoms. The van der Waals surface area contributed by atoms with Crippen molar-refractivity contribution < 1.29 is 0 Å². The van der Waals surface area contributed by atoms with Gasteiger partial charge in [0.05, 0.1) is 0 Å². The van der Waals surface area contributed by atoms with Gasteiger partial charge in [-0.15, -0.1) is 10.2 Å². The van der Waals surface area contributed by atoms with Gasteiger partial charge in [-0.05, 0) is 18.6 Å². The van der Waals surface area contributed by atoms with Crippen LogP contribution in [-0.4, -0.2) is 15.2 Å². The van der Waals surface area contributed by atoms with Gasteiger partial charge in [0.15, 0.2) is 4.34 Å². The van der Waals surface area contributed by atoms with Gasteiger partial charge in [-0.2, -0.15) is 0 Å². The summed E-state index contributed by atoms with van der Waals surface area (Å²) >= 11 is 8.96. The van der Waals surface area contributed by atoms with Gasteiger partial charge < -0.3 is 0 Å². The predicted molar refractivity (Wildman–Crippen MR) is 63.5 cm³/mol. The molecule has 78 valence electrons. The second-order valence-corrected chi connectivity index (χ2v) is 5.66. The van der Waals surface area contributed by atoms with E-state index in [1.54, 1.807) is 35.4 Å². The van der Waals surface area contributed by atoms with Crippen LogP contribution in [0.3, 0.4) is 0 Å². The fourth-order valence-corrected chi connectivity index (χ4v) is 2.84. The normalized spacial score (nSPS) is 10.5. The Labute approximate surface area is 101 Å². The number of pyridine rings is 1. The summed E-state index contributed by atoms with van der Waals surface area (Å²) in [6.07, 6.45) is 1.78. The molecule has 2 heterocycles. The van der Waals surface area contributed by atoms with Crippen molar-refractivity contribution in [3.8, 4) is 0 Å². The van der Waals surface area contributed by atoms with Crippen molar-refractivity contribution in [3.05, 3.63) is 34.1 Å². The first-order valence-corrected chi connectivity index (χ1v) is 6.45. The lowest BCUT2D eigenvalue weighted by atomic mass is 10.3. The average Bonchev–Trinajstić information content (AvgIpc) is 2.64. The van der Waals surface area contributed by atoms with Gasteiger partial charge in [-0.25, -0.2) is 4.98 Å². The quantitative estimate of drug-likeness (QED) is 0.625. The van der Waals surface area contributed by atoms with Crippen LogP contribution in [0.25, 0.3) is 0 Å². The Morgan fingerprint density at radius 2 is 2.27 bits per heavy atom. The molecule has 0 N–H and O–H groups in total. The summed E-state index contributed by atoms with van der Waals surface area (Å²) in [6.45, 7) is 1.95. The maximum atomic E-state index is 5.69. The van der Waals surface area contributed by atoms with E-state index in [1.807, 2.05) is 13.0 Å². The summed E-state index contributed by atoms with van der Waals surface area (Å²) in [5.41, 5.74) is 1.14. The topological polar surface area (TPSA) is 38.7 Å². The van der Waals surface area contributed by atoms with E-state index in [1.165, 1.54) is 0 Å². The van der Waals surface area contributed by atoms with Crippen LogP contribution >= 0.6 is 34.7 Å². The smallest absolute Gasteiger partial charge is 0.174 e. The van der Waals surface area contributed by atoms with Crippen molar-refractivity contribution in [2.45, 2.75) is 17.0 Å². The van der Waals surface area contributed by atoms with Gasteiger partial charge >= 0.3 is 0 Å². The maximum Gasteiger partial charge on any atom is 0.174 e. The highest BCUT2D eigenvalue weighted by molar-refractivity contribution is 8.00. The van der Waals surface area contributed by atoms with E-state index in [4.69, 9.17) is 11.6 Å². The lowest BCUT2D eigenvalue weighted by Gasteiger charge is -1.97. The fourth-order valence-electron chi connectivity index (χ4n) is 0.974. The third-order valence-electron chi connectivity index (χ3n) is 1.66. The Kier molecular flexibility index (Phi) is 3.56. The molecule has 3 nitrogen and oxygen atoms in total. The van der Waals surface area contributed by atoms with E-state index in [2.05, 4.69) is 15.2 Å². The summed E-state index contributed by atoms with van der Waals surface area (Å²) in [5.74, 6) is 0.846. The van der Waals surface area contributed by atoms with Gasteiger partial charge in [0, 0.05) is 11.9 Å². The minimum Gasteiger partial charge on any atom is -0.244 e. The number of nitrogens with zero attached hydrogens (tertiary/aromatic N) is 3. The molecule has 0 atom stereocenters. The zero-order chi connectivity index (χ0) is 10.7. The van der Waals surface area contributed by atoms with Crippen molar-refractivity contribution in [2.75, 3.05) is 0 Å². The molecule has 2 aromatic heterocycles. The molecule has 15 heavy (non-hydrogen) atoms. The van der Waals surface area contributed by atoms with Crippen molar-refractivity contribution in [2.24, 2.45) is 0 Å². The van der Waals surface area contributed by atoms with Crippen LogP contribution in [-0.2, 0) is 5.75 Å². The maximum absolute atomic E-state index is 5.69. The Bertz CT molecular complexity index is 441. The molecule has 0 saturated heterocycles. The molecule has 2 aromatic rings. The minimum atomic E-state index is 0.524. The molecule has 2 rings (SSSR count). The highest BCUT2D eigenvalue weighted by Crippen LogP contribution is 2.25. The molecule has 0 aliphatic rings. The monoisotopic (exact) mass is 257 g/mol. The zero-order valence-electron chi connectivity index (χ0n) is 7.98. The summed E-state index contributed by atoms with van der Waals surface area (Å²) in [4.78, 5) is 4.02. The molecule has 0 spiro atoms. The molecule has 0 aliphatic carbocycles. The highest BCUT2D eigenvalue weighted by Gasteiger charge is 2.02. The van der Waals surface area contributed by atoms with Gasteiger partial charge in [0.25, 0.3) is 0 Å². The predicted octanol–water partition coefficient (Wildman–Crippen LogP) is 3.19. The van der Waals surface area contributed by atoms with Crippen molar-refractivity contribution in [3.63, 3.8) is 0 Å². The highest BCUT2D eigenvalue weighted by atomic mass is 35.5. The van der Waals surface area contributed by atoms with Crippen molar-refractivity contribution >= 4 is 34.7 Å². The van der Waals surface area contributed by atoms with E-state index in [0.717, 1.165) is 20.7 Å². The van der Waals surface area contributed by atoms with Crippen LogP contribution in [0.1, 0.15) is 10.6 Å². The van der Waals surface area contributed by atoms with E-state index in [0.29, 0.717) is 5.15 Å². The number of hydrogen-bond donors (Lipinski definition) is 0. The van der Waals surface area contributed by atoms with Crippen LogP contribution in [0.2, 0.25) is 5.15 Å². The number of thioether (sulfide) groups is 1. The number of rotatable bonds is 3. The van der Waals surface area contributed by atoms with Gasteiger partial charge in [0.1, 0.15) is 10.2 Å². The summed E-state index contributed by atoms with van der Waals surface area (Å²) in [7, 11) is 0. The number of aromatic nitrogens is 3. The minimum absolute atomic E-state index is 0.524. The summed E-state index contributed by atoms with van der Waals surface area (Å²) in [5, 5.41) is 9.50. The summed E-state index contributed by atoms with van der Waals surface area (Å²) < 4.78 is 0.988. The first kappa shape index (κ1) is 10.9. The van der Waals surface area contributed by atoms with Gasteiger partial charge in [-0.1, -0.05) is 40.8 Å². The molecular formula is C9H8ClN3S2. The van der Waals surface area contributed by atoms with Crippen molar-refractivity contribution in [1.82, 2.24) is 15.2 Å². The molecular weight excluding hydrogens is 250 g/mol. The number of halogens is 1. The van der Waals surface area contributed by atoms with Gasteiger partial charge in [0.2, 0.25) is 0 Å². The van der Waals surface area contributed by atoms with E-state index >= 15 is 0 Å². The SMILES string of the molecule is Cc1nnc(SCc2ccc(Cl)nc2)s1. The van der Waals surface area contributed by atoms with E-state index in [-0.39, 0.29) is 0 Å². The van der Waals surface area contributed by atoms with Crippen LogP contribution < -0.4 is 0 Å². The van der Waals surface area contributed by atoms with Gasteiger partial charge in [-0.3, -0.25) is 0 Å². The molecule has 0 saturated carbocycles. The van der Waals surface area contributed by atoms with E-state index < -0.39 is 0 Å². The number of aryl methyl sites for hydroxylation is 1. The standard InChI is InChI=1S/C9H8ClN3S2/c1-6-12-13-9(15-6)14-5-7-2-3-8(10)11-4-7/h2-4H,5H2,1H3. The summed E-state index contributed by atoms with van der Waals surface area (Å²) in [6, 6.07) is 3.76. The third kappa shape index (κ3) is 3.15. The largest absolute Gasteiger partial charge is 0.244 e. The first-order chi connectivity index (χ1) is 7.24. The molecule has 0 unspecified atom stereocenters. The third-order valence-corrected chi connectivity index (χ3v) is 3.93. The van der Waals surface area contributed by atoms with Crippen LogP contribution in [0, 0.1) is 6.92 Å². The van der Waals surface area contributed by atoms with Crippen LogP contribution in [0.15, 0.2) is 22.7 Å². The Morgan fingerprint density at radius 3 is 2.87 bits per heavy atom. The lowest BCUT2D eigenvalue weighted by molar-refractivity contribution is 0.983. The average molecular weight is 258 g/mol. The van der Waals surface area contributed by atoms with E-state index in [9.17, 15) is 0 Å². The Balaban J connectivity index is 1.96. The zero-order valence-corrected chi connectivity index (χ0v) is 10.4. The van der Waals surface area contributed by atoms with Crippen LogP contribution in [0.4, 0.5) is 0 Å². The second kappa shape index (κ2) is 4.92. The lowest BCUT2D eigenvalue weighted by Crippen LogP contribution is -1.82. The van der Waals surface area contributed by atoms with Crippen molar-refractivity contribution in [1.29, 1.82) is 0 Å². The number of hydrogen-bond acceptors (Lipinski definition) is 5. The Hall–Kier alpha value is -0.650. The molecule has 0 radical (unpaired) electrons. The first-order valence-electron chi connectivity index (χ1n) is 4.27. The second-order valence-electron chi connectivity index (χ2n) is 2.86. The molecule has 0 fully saturated rings. The molecule has 0 bridgehead atoms. The fraction of sp³-hybridized carbons (Fsp3) is 0.222. The Morgan fingerprint density at radius 1 is 1.40 bits per heavy atom. The molecule has 0 aromatic carbocycles.